The first-order valence-corrected chi connectivity index (χ1v) is 10.6. The number of nitrogens with one attached hydrogen (secondary N) is 1. The summed E-state index contributed by atoms with van der Waals surface area (Å²) in [5.41, 5.74) is 4.31. The molecule has 0 bridgehead atoms. The maximum Gasteiger partial charge on any atom is 0.339 e. The van der Waals surface area contributed by atoms with Crippen molar-refractivity contribution < 1.29 is 19.2 Å². The van der Waals surface area contributed by atoms with Gasteiger partial charge in [0.1, 0.15) is 11.3 Å². The summed E-state index contributed by atoms with van der Waals surface area (Å²) in [5.74, 6) is -0.265. The van der Waals surface area contributed by atoms with Crippen LogP contribution in [0.4, 0.5) is 0 Å². The Kier molecular flexibility index (Phi) is 7.47. The number of aryl methyl sites for hydroxylation is 2. The van der Waals surface area contributed by atoms with Gasteiger partial charge in [0.2, 0.25) is 5.91 Å². The summed E-state index contributed by atoms with van der Waals surface area (Å²) in [6.45, 7) is 6.06. The molecule has 1 amide bonds. The number of hydroxylamine groups is 1. The lowest BCUT2D eigenvalue weighted by Crippen LogP contribution is -2.31. The SMILES string of the molecule is CCC(C)Oc1ccc(CCC(Cc2cc3cc(C)ccc3oc2=O)C(=O)NO)cc1. The maximum atomic E-state index is 12.4. The van der Waals surface area contributed by atoms with Crippen molar-refractivity contribution in [2.24, 2.45) is 5.92 Å². The van der Waals surface area contributed by atoms with E-state index in [9.17, 15) is 14.8 Å². The van der Waals surface area contributed by atoms with Crippen LogP contribution in [0.15, 0.2) is 57.7 Å². The lowest BCUT2D eigenvalue weighted by Gasteiger charge is -2.15. The second-order valence-electron chi connectivity index (χ2n) is 8.00. The van der Waals surface area contributed by atoms with Crippen LogP contribution < -0.4 is 15.8 Å². The molecule has 6 nitrogen and oxygen atoms in total. The summed E-state index contributed by atoms with van der Waals surface area (Å²) in [4.78, 5) is 24.7. The summed E-state index contributed by atoms with van der Waals surface area (Å²) < 4.78 is 11.2. The van der Waals surface area contributed by atoms with Crippen LogP contribution in [0.3, 0.4) is 0 Å². The molecule has 0 radical (unpaired) electrons. The third-order valence-corrected chi connectivity index (χ3v) is 5.52. The molecule has 2 aromatic carbocycles. The fourth-order valence-electron chi connectivity index (χ4n) is 3.50. The molecule has 0 saturated heterocycles. The van der Waals surface area contributed by atoms with Gasteiger partial charge in [-0.05, 0) is 75.4 Å². The predicted molar refractivity (Wildman–Crippen MR) is 119 cm³/mol. The summed E-state index contributed by atoms with van der Waals surface area (Å²) in [6, 6.07) is 15.1. The average molecular weight is 424 g/mol. The van der Waals surface area contributed by atoms with E-state index < -0.39 is 17.5 Å². The van der Waals surface area contributed by atoms with E-state index in [2.05, 4.69) is 6.92 Å². The fourth-order valence-corrected chi connectivity index (χ4v) is 3.50. The van der Waals surface area contributed by atoms with Gasteiger partial charge in [0.25, 0.3) is 0 Å². The van der Waals surface area contributed by atoms with E-state index >= 15 is 0 Å². The maximum absolute atomic E-state index is 12.4. The third-order valence-electron chi connectivity index (χ3n) is 5.52. The summed E-state index contributed by atoms with van der Waals surface area (Å²) in [5, 5.41) is 10.00. The van der Waals surface area contributed by atoms with Crippen molar-refractivity contribution in [3.05, 3.63) is 75.6 Å². The Morgan fingerprint density at radius 3 is 2.58 bits per heavy atom. The normalized spacial score (nSPS) is 13.0. The highest BCUT2D eigenvalue weighted by Crippen LogP contribution is 2.21. The van der Waals surface area contributed by atoms with E-state index in [4.69, 9.17) is 9.15 Å². The number of carbonyl (C=O) groups is 1. The molecule has 0 fully saturated rings. The average Bonchev–Trinajstić information content (AvgIpc) is 2.77. The first-order valence-electron chi connectivity index (χ1n) is 10.6. The van der Waals surface area contributed by atoms with Crippen LogP contribution in [0.1, 0.15) is 43.4 Å². The molecular weight excluding hydrogens is 394 g/mol. The Balaban J connectivity index is 1.73. The first-order chi connectivity index (χ1) is 14.9. The Labute approximate surface area is 181 Å². The van der Waals surface area contributed by atoms with E-state index in [1.807, 2.05) is 50.2 Å². The van der Waals surface area contributed by atoms with Crippen molar-refractivity contribution in [3.63, 3.8) is 0 Å². The van der Waals surface area contributed by atoms with E-state index in [0.717, 1.165) is 28.7 Å². The van der Waals surface area contributed by atoms with Crippen LogP contribution >= 0.6 is 0 Å². The quantitative estimate of drug-likeness (QED) is 0.299. The van der Waals surface area contributed by atoms with Gasteiger partial charge in [-0.3, -0.25) is 10.0 Å². The van der Waals surface area contributed by atoms with Crippen molar-refractivity contribution in [2.45, 2.75) is 52.6 Å². The van der Waals surface area contributed by atoms with Gasteiger partial charge in [0.05, 0.1) is 6.10 Å². The lowest BCUT2D eigenvalue weighted by molar-refractivity contribution is -0.133. The van der Waals surface area contributed by atoms with Crippen LogP contribution in [-0.4, -0.2) is 17.2 Å². The number of carbonyl (C=O) groups excluding carboxylic acids is 1. The van der Waals surface area contributed by atoms with Gasteiger partial charge in [-0.15, -0.1) is 0 Å². The van der Waals surface area contributed by atoms with Gasteiger partial charge < -0.3 is 9.15 Å². The summed E-state index contributed by atoms with van der Waals surface area (Å²) in [7, 11) is 0. The monoisotopic (exact) mass is 423 g/mol. The lowest BCUT2D eigenvalue weighted by atomic mass is 9.92. The van der Waals surface area contributed by atoms with Crippen molar-refractivity contribution >= 4 is 16.9 Å². The molecule has 164 valence electrons. The van der Waals surface area contributed by atoms with Crippen molar-refractivity contribution in [1.82, 2.24) is 5.48 Å². The molecule has 0 spiro atoms. The van der Waals surface area contributed by atoms with E-state index in [-0.39, 0.29) is 12.5 Å². The minimum atomic E-state index is -0.564. The molecule has 1 heterocycles. The molecule has 2 atom stereocenters. The molecular formula is C25H29NO5. The van der Waals surface area contributed by atoms with E-state index in [1.54, 1.807) is 17.6 Å². The van der Waals surface area contributed by atoms with Crippen LogP contribution in [-0.2, 0) is 17.6 Å². The van der Waals surface area contributed by atoms with Crippen LogP contribution in [0.25, 0.3) is 11.0 Å². The molecule has 2 unspecified atom stereocenters. The van der Waals surface area contributed by atoms with Crippen molar-refractivity contribution in [3.8, 4) is 5.75 Å². The second-order valence-corrected chi connectivity index (χ2v) is 8.00. The number of rotatable bonds is 9. The molecule has 3 aromatic rings. The summed E-state index contributed by atoms with van der Waals surface area (Å²) in [6.07, 6.45) is 2.37. The zero-order valence-electron chi connectivity index (χ0n) is 18.2. The molecule has 2 N–H and O–H groups in total. The molecule has 3 rings (SSSR count). The topological polar surface area (TPSA) is 88.8 Å². The van der Waals surface area contributed by atoms with Gasteiger partial charge >= 0.3 is 5.63 Å². The zero-order valence-corrected chi connectivity index (χ0v) is 18.2. The molecule has 6 heteroatoms. The Morgan fingerprint density at radius 2 is 1.90 bits per heavy atom. The van der Waals surface area contributed by atoms with Gasteiger partial charge in [0.15, 0.2) is 0 Å². The van der Waals surface area contributed by atoms with Crippen LogP contribution in [0, 0.1) is 12.8 Å². The molecule has 0 aliphatic heterocycles. The fraction of sp³-hybridized carbons (Fsp3) is 0.360. The molecule has 1 aromatic heterocycles. The Hall–Kier alpha value is -3.12. The number of hydrogen-bond donors (Lipinski definition) is 2. The van der Waals surface area contributed by atoms with Crippen molar-refractivity contribution in [2.75, 3.05) is 0 Å². The molecule has 0 aliphatic rings. The zero-order chi connectivity index (χ0) is 22.4. The highest BCUT2D eigenvalue weighted by molar-refractivity contribution is 5.79. The van der Waals surface area contributed by atoms with Gasteiger partial charge in [0, 0.05) is 16.9 Å². The van der Waals surface area contributed by atoms with Gasteiger partial charge in [-0.2, -0.15) is 0 Å². The largest absolute Gasteiger partial charge is 0.491 e. The minimum absolute atomic E-state index is 0.154. The number of fused-ring (bicyclic) bond motifs is 1. The Morgan fingerprint density at radius 1 is 1.16 bits per heavy atom. The molecule has 31 heavy (non-hydrogen) atoms. The second kappa shape index (κ2) is 10.3. The number of hydrogen-bond acceptors (Lipinski definition) is 5. The van der Waals surface area contributed by atoms with E-state index in [0.29, 0.717) is 24.0 Å². The summed E-state index contributed by atoms with van der Waals surface area (Å²) >= 11 is 0. The first kappa shape index (κ1) is 22.6. The number of amides is 1. The number of benzene rings is 2. The standard InChI is InChI=1S/C25H29NO5/c1-4-17(3)30-22-10-7-18(8-11-22)6-9-19(24(27)26-29)14-21-15-20-13-16(2)5-12-23(20)31-25(21)28/h5,7-8,10-13,15,17,19,29H,4,6,9,14H2,1-3H3,(H,26,27). The minimum Gasteiger partial charge on any atom is -0.491 e. The highest BCUT2D eigenvalue weighted by atomic mass is 16.5. The van der Waals surface area contributed by atoms with Gasteiger partial charge in [-0.25, -0.2) is 10.3 Å². The third kappa shape index (κ3) is 5.95. The van der Waals surface area contributed by atoms with Crippen LogP contribution in [0.5, 0.6) is 5.75 Å². The van der Waals surface area contributed by atoms with Crippen molar-refractivity contribution in [1.29, 1.82) is 0 Å². The van der Waals surface area contributed by atoms with E-state index in [1.165, 1.54) is 0 Å². The molecule has 0 aliphatic carbocycles. The highest BCUT2D eigenvalue weighted by Gasteiger charge is 2.21. The van der Waals surface area contributed by atoms with Crippen LogP contribution in [0.2, 0.25) is 0 Å². The van der Waals surface area contributed by atoms with Gasteiger partial charge in [-0.1, -0.05) is 30.7 Å². The predicted octanol–water partition coefficient (Wildman–Crippen LogP) is 4.58. The molecule has 0 saturated carbocycles. The Bertz CT molecular complexity index is 1090. The number of ether oxygens (including phenoxy) is 1. The smallest absolute Gasteiger partial charge is 0.339 e.